The van der Waals surface area contributed by atoms with Crippen LogP contribution < -0.4 is 5.32 Å². The first kappa shape index (κ1) is 15.5. The van der Waals surface area contributed by atoms with Crippen molar-refractivity contribution in [1.82, 2.24) is 10.2 Å². The highest BCUT2D eigenvalue weighted by Crippen LogP contribution is 2.24. The molecule has 0 aromatic heterocycles. The van der Waals surface area contributed by atoms with E-state index in [2.05, 4.69) is 48.5 Å². The summed E-state index contributed by atoms with van der Waals surface area (Å²) >= 11 is 0. The molecule has 2 heteroatoms. The molecule has 0 aliphatic heterocycles. The molecule has 1 aliphatic carbocycles. The first-order valence-electron chi connectivity index (χ1n) is 8.25. The van der Waals surface area contributed by atoms with Crippen molar-refractivity contribution in [3.05, 3.63) is 35.4 Å². The lowest BCUT2D eigenvalue weighted by Gasteiger charge is -2.27. The quantitative estimate of drug-likeness (QED) is 0.813. The third-order valence-electron chi connectivity index (χ3n) is 4.42. The van der Waals surface area contributed by atoms with Gasteiger partial charge in [0.25, 0.3) is 0 Å². The fraction of sp³-hybridized carbons (Fsp3) is 0.667. The number of hydrogen-bond acceptors (Lipinski definition) is 2. The first-order valence-corrected chi connectivity index (χ1v) is 8.25. The van der Waals surface area contributed by atoms with E-state index in [0.717, 1.165) is 25.6 Å². The van der Waals surface area contributed by atoms with Gasteiger partial charge in [-0.05, 0) is 43.5 Å². The normalized spacial score (nSPS) is 16.8. The second-order valence-electron chi connectivity index (χ2n) is 6.25. The average Bonchev–Trinajstić information content (AvgIpc) is 2.47. The largest absolute Gasteiger partial charge is 0.313 e. The number of benzene rings is 1. The van der Waals surface area contributed by atoms with Crippen molar-refractivity contribution in [3.63, 3.8) is 0 Å². The molecular weight excluding hydrogens is 244 g/mol. The molecule has 1 N–H and O–H groups in total. The van der Waals surface area contributed by atoms with Crippen molar-refractivity contribution in [3.8, 4) is 0 Å². The van der Waals surface area contributed by atoms with Gasteiger partial charge in [0.05, 0.1) is 0 Å². The van der Waals surface area contributed by atoms with Gasteiger partial charge in [-0.2, -0.15) is 0 Å². The van der Waals surface area contributed by atoms with Crippen LogP contribution in [0.15, 0.2) is 24.3 Å². The van der Waals surface area contributed by atoms with E-state index in [4.69, 9.17) is 0 Å². The summed E-state index contributed by atoms with van der Waals surface area (Å²) in [5.74, 6) is 0.926. The molecule has 0 unspecified atom stereocenters. The topological polar surface area (TPSA) is 15.3 Å². The van der Waals surface area contributed by atoms with Crippen LogP contribution in [0.1, 0.15) is 50.2 Å². The van der Waals surface area contributed by atoms with Gasteiger partial charge in [-0.1, -0.05) is 50.5 Å². The second-order valence-corrected chi connectivity index (χ2v) is 6.25. The van der Waals surface area contributed by atoms with Crippen LogP contribution in [-0.4, -0.2) is 25.0 Å². The molecular formula is C18H30N2. The first-order chi connectivity index (χ1) is 9.79. The Hall–Kier alpha value is -0.860. The Morgan fingerprint density at radius 3 is 2.50 bits per heavy atom. The summed E-state index contributed by atoms with van der Waals surface area (Å²) in [5, 5.41) is 3.44. The molecule has 1 saturated carbocycles. The average molecular weight is 274 g/mol. The van der Waals surface area contributed by atoms with E-state index < -0.39 is 0 Å². The number of rotatable bonds is 7. The Kier molecular flexibility index (Phi) is 6.55. The fourth-order valence-electron chi connectivity index (χ4n) is 3.31. The molecule has 112 valence electrons. The molecule has 2 rings (SSSR count). The highest BCUT2D eigenvalue weighted by atomic mass is 15.1. The Morgan fingerprint density at radius 1 is 1.10 bits per heavy atom. The molecule has 0 amide bonds. The molecule has 2 nitrogen and oxygen atoms in total. The summed E-state index contributed by atoms with van der Waals surface area (Å²) in [6.45, 7) is 6.53. The van der Waals surface area contributed by atoms with Gasteiger partial charge in [0.15, 0.2) is 0 Å². The summed E-state index contributed by atoms with van der Waals surface area (Å²) < 4.78 is 0. The maximum atomic E-state index is 3.44. The molecule has 0 saturated heterocycles. The van der Waals surface area contributed by atoms with E-state index in [1.165, 1.54) is 49.8 Å². The van der Waals surface area contributed by atoms with Crippen LogP contribution in [0.2, 0.25) is 0 Å². The molecule has 1 aliphatic rings. The lowest BCUT2D eigenvalue weighted by molar-refractivity contribution is 0.227. The minimum Gasteiger partial charge on any atom is -0.313 e. The zero-order valence-corrected chi connectivity index (χ0v) is 13.2. The van der Waals surface area contributed by atoms with Crippen LogP contribution in [0, 0.1) is 5.92 Å². The number of nitrogens with one attached hydrogen (secondary N) is 1. The molecule has 0 spiro atoms. The maximum absolute atomic E-state index is 3.44. The molecule has 0 radical (unpaired) electrons. The van der Waals surface area contributed by atoms with E-state index in [0.29, 0.717) is 0 Å². The smallest absolute Gasteiger partial charge is 0.0234 e. The summed E-state index contributed by atoms with van der Waals surface area (Å²) in [4.78, 5) is 2.51. The van der Waals surface area contributed by atoms with Crippen molar-refractivity contribution in [1.29, 1.82) is 0 Å². The van der Waals surface area contributed by atoms with Gasteiger partial charge >= 0.3 is 0 Å². The van der Waals surface area contributed by atoms with Crippen LogP contribution in [-0.2, 0) is 13.1 Å². The second kappa shape index (κ2) is 8.43. The molecule has 0 bridgehead atoms. The summed E-state index contributed by atoms with van der Waals surface area (Å²) in [7, 11) is 2.28. The van der Waals surface area contributed by atoms with E-state index >= 15 is 0 Å². The van der Waals surface area contributed by atoms with Gasteiger partial charge in [-0.15, -0.1) is 0 Å². The summed E-state index contributed by atoms with van der Waals surface area (Å²) in [6.07, 6.45) is 7.20. The summed E-state index contributed by atoms with van der Waals surface area (Å²) in [5.41, 5.74) is 2.93. The molecule has 0 atom stereocenters. The van der Waals surface area contributed by atoms with Gasteiger partial charge < -0.3 is 10.2 Å². The minimum atomic E-state index is 0.926. The van der Waals surface area contributed by atoms with Gasteiger partial charge in [-0.3, -0.25) is 0 Å². The standard InChI is InChI=1S/C18H30N2/c1-3-19-13-17-11-7-8-12-18(17)15-20(2)14-16-9-5-4-6-10-16/h7-8,11-12,16,19H,3-6,9-10,13-15H2,1-2H3. The van der Waals surface area contributed by atoms with Crippen molar-refractivity contribution < 1.29 is 0 Å². The predicted molar refractivity (Wildman–Crippen MR) is 86.7 cm³/mol. The number of hydrogen-bond donors (Lipinski definition) is 1. The Morgan fingerprint density at radius 2 is 1.80 bits per heavy atom. The van der Waals surface area contributed by atoms with Crippen LogP contribution in [0.5, 0.6) is 0 Å². The minimum absolute atomic E-state index is 0.926. The third-order valence-corrected chi connectivity index (χ3v) is 4.42. The third kappa shape index (κ3) is 4.92. The Balaban J connectivity index is 1.87. The molecule has 1 fully saturated rings. The van der Waals surface area contributed by atoms with E-state index in [-0.39, 0.29) is 0 Å². The maximum Gasteiger partial charge on any atom is 0.0234 e. The van der Waals surface area contributed by atoms with E-state index in [1.807, 2.05) is 0 Å². The SMILES string of the molecule is CCNCc1ccccc1CN(C)CC1CCCCC1. The Labute approximate surface area is 124 Å². The lowest BCUT2D eigenvalue weighted by atomic mass is 9.89. The van der Waals surface area contributed by atoms with Crippen LogP contribution >= 0.6 is 0 Å². The van der Waals surface area contributed by atoms with E-state index in [1.54, 1.807) is 0 Å². The molecule has 0 heterocycles. The monoisotopic (exact) mass is 274 g/mol. The van der Waals surface area contributed by atoms with Crippen LogP contribution in [0.4, 0.5) is 0 Å². The van der Waals surface area contributed by atoms with Crippen molar-refractivity contribution in [2.45, 2.75) is 52.1 Å². The molecule has 1 aromatic rings. The van der Waals surface area contributed by atoms with Gasteiger partial charge in [-0.25, -0.2) is 0 Å². The van der Waals surface area contributed by atoms with Crippen LogP contribution in [0.3, 0.4) is 0 Å². The van der Waals surface area contributed by atoms with Crippen molar-refractivity contribution in [2.75, 3.05) is 20.1 Å². The van der Waals surface area contributed by atoms with Gasteiger partial charge in [0.2, 0.25) is 0 Å². The predicted octanol–water partition coefficient (Wildman–Crippen LogP) is 3.81. The van der Waals surface area contributed by atoms with Crippen molar-refractivity contribution in [2.24, 2.45) is 5.92 Å². The van der Waals surface area contributed by atoms with E-state index in [9.17, 15) is 0 Å². The molecule has 1 aromatic carbocycles. The Bertz CT molecular complexity index is 383. The highest BCUT2D eigenvalue weighted by Gasteiger charge is 2.15. The molecule has 20 heavy (non-hydrogen) atoms. The zero-order chi connectivity index (χ0) is 14.2. The summed E-state index contributed by atoms with van der Waals surface area (Å²) in [6, 6.07) is 8.85. The van der Waals surface area contributed by atoms with Crippen LogP contribution in [0.25, 0.3) is 0 Å². The lowest BCUT2D eigenvalue weighted by Crippen LogP contribution is -2.27. The fourth-order valence-corrected chi connectivity index (χ4v) is 3.31. The number of nitrogens with zero attached hydrogens (tertiary/aromatic N) is 1. The van der Waals surface area contributed by atoms with Gasteiger partial charge in [0.1, 0.15) is 0 Å². The highest BCUT2D eigenvalue weighted by molar-refractivity contribution is 5.26. The zero-order valence-electron chi connectivity index (χ0n) is 13.2. The van der Waals surface area contributed by atoms with Gasteiger partial charge in [0, 0.05) is 19.6 Å². The van der Waals surface area contributed by atoms with Crippen molar-refractivity contribution >= 4 is 0 Å².